The second-order valence-electron chi connectivity index (χ2n) is 8.92. The molecule has 0 saturated carbocycles. The molecule has 0 bridgehead atoms. The summed E-state index contributed by atoms with van der Waals surface area (Å²) < 4.78 is 23.8. The summed E-state index contributed by atoms with van der Waals surface area (Å²) in [6.07, 6.45) is 0.281. The summed E-state index contributed by atoms with van der Waals surface area (Å²) in [6, 6.07) is 15.9. The second-order valence-corrected chi connectivity index (χ2v) is 11.1. The van der Waals surface area contributed by atoms with Gasteiger partial charge in [0.1, 0.15) is 0 Å². The molecule has 2 aromatic carbocycles. The first-order valence-electron chi connectivity index (χ1n) is 10.0. The normalized spacial score (nSPS) is 24.5. The van der Waals surface area contributed by atoms with Crippen molar-refractivity contribution in [3.05, 3.63) is 71.9 Å². The lowest BCUT2D eigenvalue weighted by Crippen LogP contribution is -2.21. The molecule has 0 N–H and O–H groups in total. The first-order chi connectivity index (χ1) is 13.6. The van der Waals surface area contributed by atoms with Crippen molar-refractivity contribution < 1.29 is 13.2 Å². The molecule has 4 nitrogen and oxygen atoms in total. The zero-order chi connectivity index (χ0) is 21.0. The van der Waals surface area contributed by atoms with Crippen molar-refractivity contribution in [2.24, 2.45) is 11.8 Å². The number of carbonyl (C=O) groups is 1. The predicted octanol–water partition coefficient (Wildman–Crippen LogP) is 4.88. The summed E-state index contributed by atoms with van der Waals surface area (Å²) in [5.41, 5.74) is 4.48. The van der Waals surface area contributed by atoms with E-state index in [1.807, 2.05) is 43.3 Å². The Morgan fingerprint density at radius 3 is 2.45 bits per heavy atom. The molecular weight excluding hydrogens is 382 g/mol. The van der Waals surface area contributed by atoms with Crippen LogP contribution in [0.1, 0.15) is 43.1 Å². The van der Waals surface area contributed by atoms with Gasteiger partial charge >= 0.3 is 0 Å². The molecular formula is C24H27NO3S. The number of hydrogen-bond donors (Lipinski definition) is 0. The van der Waals surface area contributed by atoms with E-state index >= 15 is 0 Å². The number of allylic oxidation sites excluding steroid dienone is 1. The van der Waals surface area contributed by atoms with Crippen LogP contribution in [0.3, 0.4) is 0 Å². The molecule has 4 rings (SSSR count). The number of hydrogen-bond acceptors (Lipinski definition) is 4. The molecule has 2 aromatic rings. The number of nitrogens with zero attached hydrogens (tertiary/aromatic N) is 1. The minimum absolute atomic E-state index is 0.0151. The van der Waals surface area contributed by atoms with Gasteiger partial charge in [0.15, 0.2) is 15.6 Å². The van der Waals surface area contributed by atoms with Crippen molar-refractivity contribution >= 4 is 27.0 Å². The topological polar surface area (TPSA) is 54.5 Å². The molecule has 29 heavy (non-hydrogen) atoms. The number of rotatable bonds is 4. The highest BCUT2D eigenvalue weighted by Crippen LogP contribution is 2.50. The molecule has 0 spiro atoms. The molecule has 1 fully saturated rings. The van der Waals surface area contributed by atoms with Crippen LogP contribution in [0.25, 0.3) is 0 Å². The van der Waals surface area contributed by atoms with E-state index in [0.29, 0.717) is 5.56 Å². The average Bonchev–Trinajstić information content (AvgIpc) is 3.04. The van der Waals surface area contributed by atoms with Crippen LogP contribution in [0.2, 0.25) is 0 Å². The molecule has 5 heteroatoms. The van der Waals surface area contributed by atoms with Crippen molar-refractivity contribution in [2.75, 3.05) is 16.4 Å². The number of fused-ring (bicyclic) bond motifs is 1. The number of anilines is 2. The first-order valence-corrected chi connectivity index (χ1v) is 11.8. The van der Waals surface area contributed by atoms with Crippen LogP contribution in [-0.2, 0) is 15.3 Å². The predicted molar refractivity (Wildman–Crippen MR) is 117 cm³/mol. The zero-order valence-corrected chi connectivity index (χ0v) is 18.0. The van der Waals surface area contributed by atoms with Crippen molar-refractivity contribution in [2.45, 2.75) is 32.6 Å². The molecule has 0 aromatic heterocycles. The van der Waals surface area contributed by atoms with Gasteiger partial charge in [-0.3, -0.25) is 4.79 Å². The Morgan fingerprint density at radius 2 is 1.83 bits per heavy atom. The van der Waals surface area contributed by atoms with Crippen LogP contribution in [-0.4, -0.2) is 25.7 Å². The van der Waals surface area contributed by atoms with Gasteiger partial charge in [-0.05, 0) is 47.7 Å². The van der Waals surface area contributed by atoms with Gasteiger partial charge in [-0.25, -0.2) is 8.42 Å². The van der Waals surface area contributed by atoms with Crippen molar-refractivity contribution in [3.8, 4) is 0 Å². The van der Waals surface area contributed by atoms with Gasteiger partial charge < -0.3 is 4.90 Å². The fourth-order valence-electron chi connectivity index (χ4n) is 4.57. The molecule has 0 unspecified atom stereocenters. The van der Waals surface area contributed by atoms with E-state index < -0.39 is 9.84 Å². The summed E-state index contributed by atoms with van der Waals surface area (Å²) in [7, 11) is -3.02. The number of para-hydroxylation sites is 1. The maximum Gasteiger partial charge on any atom is 0.163 e. The molecule has 152 valence electrons. The molecule has 2 atom stereocenters. The smallest absolute Gasteiger partial charge is 0.163 e. The lowest BCUT2D eigenvalue weighted by atomic mass is 9.83. The Kier molecular flexibility index (Phi) is 4.69. The van der Waals surface area contributed by atoms with Crippen LogP contribution in [0, 0.1) is 11.8 Å². The Balaban J connectivity index is 1.66. The molecule has 0 radical (unpaired) electrons. The summed E-state index contributed by atoms with van der Waals surface area (Å²) >= 11 is 0. The maximum absolute atomic E-state index is 13.0. The van der Waals surface area contributed by atoms with Crippen molar-refractivity contribution in [3.63, 3.8) is 0 Å². The standard InChI is InChI=1S/C24H27NO3S/c1-16-14-29(27,28)15-19(16)13-23(26)18-10-11-22-21(12-18)24(3,4)17(2)25(22)20-8-6-5-7-9-20/h5-12,16,19H,2,13-15H2,1,3-4H3/t16-,19-/m0/s1. The summed E-state index contributed by atoms with van der Waals surface area (Å²) in [5, 5.41) is 0. The van der Waals surface area contributed by atoms with E-state index in [1.54, 1.807) is 0 Å². The highest BCUT2D eigenvalue weighted by atomic mass is 32.2. The average molecular weight is 410 g/mol. The number of benzene rings is 2. The van der Waals surface area contributed by atoms with Crippen molar-refractivity contribution in [1.29, 1.82) is 0 Å². The van der Waals surface area contributed by atoms with E-state index in [4.69, 9.17) is 0 Å². The second kappa shape index (κ2) is 6.84. The van der Waals surface area contributed by atoms with Gasteiger partial charge in [-0.1, -0.05) is 45.5 Å². The monoisotopic (exact) mass is 409 g/mol. The highest BCUT2D eigenvalue weighted by molar-refractivity contribution is 7.91. The SMILES string of the molecule is C=C1N(c2ccccc2)c2ccc(C(=O)C[C@H]3CS(=O)(=O)C[C@@H]3C)cc2C1(C)C. The fourth-order valence-corrected chi connectivity index (χ4v) is 6.88. The Morgan fingerprint density at radius 1 is 1.14 bits per heavy atom. The van der Waals surface area contributed by atoms with E-state index in [2.05, 4.69) is 37.5 Å². The molecule has 0 aliphatic carbocycles. The van der Waals surface area contributed by atoms with Crippen LogP contribution < -0.4 is 4.90 Å². The van der Waals surface area contributed by atoms with Crippen LogP contribution in [0.15, 0.2) is 60.8 Å². The molecule has 2 aliphatic heterocycles. The first kappa shape index (κ1) is 19.9. The number of carbonyl (C=O) groups excluding carboxylic acids is 1. The van der Waals surface area contributed by atoms with Gasteiger partial charge in [0, 0.05) is 34.5 Å². The maximum atomic E-state index is 13.0. The summed E-state index contributed by atoms with van der Waals surface area (Å²) in [5.74, 6) is 0.261. The molecule has 2 heterocycles. The largest absolute Gasteiger partial charge is 0.314 e. The minimum atomic E-state index is -3.02. The summed E-state index contributed by atoms with van der Waals surface area (Å²) in [4.78, 5) is 15.1. The van der Waals surface area contributed by atoms with Gasteiger partial charge in [-0.2, -0.15) is 0 Å². The third kappa shape index (κ3) is 3.42. The van der Waals surface area contributed by atoms with Crippen LogP contribution in [0.4, 0.5) is 11.4 Å². The minimum Gasteiger partial charge on any atom is -0.314 e. The van der Waals surface area contributed by atoms with E-state index in [-0.39, 0.29) is 41.0 Å². The molecule has 2 aliphatic rings. The lowest BCUT2D eigenvalue weighted by Gasteiger charge is -2.25. The van der Waals surface area contributed by atoms with Gasteiger partial charge in [-0.15, -0.1) is 0 Å². The van der Waals surface area contributed by atoms with E-state index in [1.165, 1.54) is 0 Å². The number of Topliss-reactive ketones (excluding diaryl/α,β-unsaturated/α-hetero) is 1. The molecule has 1 saturated heterocycles. The summed E-state index contributed by atoms with van der Waals surface area (Å²) in [6.45, 7) is 10.5. The fraction of sp³-hybridized carbons (Fsp3) is 0.375. The molecule has 0 amide bonds. The van der Waals surface area contributed by atoms with Crippen molar-refractivity contribution in [1.82, 2.24) is 0 Å². The van der Waals surface area contributed by atoms with Gasteiger partial charge in [0.25, 0.3) is 0 Å². The Labute approximate surface area is 173 Å². The number of ketones is 1. The quantitative estimate of drug-likeness (QED) is 0.675. The number of sulfone groups is 1. The van der Waals surface area contributed by atoms with Crippen LogP contribution >= 0.6 is 0 Å². The third-order valence-corrected chi connectivity index (χ3v) is 8.45. The lowest BCUT2D eigenvalue weighted by molar-refractivity contribution is 0.0957. The zero-order valence-electron chi connectivity index (χ0n) is 17.2. The third-order valence-electron chi connectivity index (χ3n) is 6.48. The Bertz CT molecular complexity index is 1090. The van der Waals surface area contributed by atoms with E-state index in [0.717, 1.165) is 22.6 Å². The van der Waals surface area contributed by atoms with Crippen LogP contribution in [0.5, 0.6) is 0 Å². The van der Waals surface area contributed by atoms with Gasteiger partial charge in [0.05, 0.1) is 11.5 Å². The highest BCUT2D eigenvalue weighted by Gasteiger charge is 2.40. The Hall–Kier alpha value is -2.40. The van der Waals surface area contributed by atoms with Gasteiger partial charge in [0.2, 0.25) is 0 Å². The van der Waals surface area contributed by atoms with E-state index in [9.17, 15) is 13.2 Å².